The standard InChI is InChI=1S/C21H41O10P/c1-3-5-7-9-11-13-21(25)31-19(16-28-20(24)12-10-8-6-4-2)17-30-32(26,27)29-15-18(23)14-22/h18-19,22-23H,3-17H2,1-2H3,(H,26,27)/t18-,19+/m1/s1. The van der Waals surface area contributed by atoms with Gasteiger partial charge >= 0.3 is 19.8 Å². The highest BCUT2D eigenvalue weighted by Crippen LogP contribution is 2.43. The molecule has 0 aromatic rings. The molecule has 0 heterocycles. The van der Waals surface area contributed by atoms with Crippen molar-refractivity contribution in [2.75, 3.05) is 26.4 Å². The summed E-state index contributed by atoms with van der Waals surface area (Å²) in [6, 6.07) is 0. The number of hydrogen-bond acceptors (Lipinski definition) is 9. The van der Waals surface area contributed by atoms with Crippen molar-refractivity contribution in [3.8, 4) is 0 Å². The van der Waals surface area contributed by atoms with Crippen molar-refractivity contribution in [1.29, 1.82) is 0 Å². The minimum absolute atomic E-state index is 0.182. The Balaban J connectivity index is 4.61. The van der Waals surface area contributed by atoms with Crippen LogP contribution in [0.1, 0.15) is 84.5 Å². The lowest BCUT2D eigenvalue weighted by molar-refractivity contribution is -0.161. The van der Waals surface area contributed by atoms with Crippen molar-refractivity contribution in [3.63, 3.8) is 0 Å². The quantitative estimate of drug-likeness (QED) is 0.126. The van der Waals surface area contributed by atoms with Gasteiger partial charge in [-0.2, -0.15) is 0 Å². The summed E-state index contributed by atoms with van der Waals surface area (Å²) in [5.74, 6) is -0.963. The average molecular weight is 485 g/mol. The highest BCUT2D eigenvalue weighted by molar-refractivity contribution is 7.47. The predicted molar refractivity (Wildman–Crippen MR) is 118 cm³/mol. The number of aliphatic hydroxyl groups excluding tert-OH is 2. The van der Waals surface area contributed by atoms with Gasteiger partial charge in [-0.1, -0.05) is 58.8 Å². The summed E-state index contributed by atoms with van der Waals surface area (Å²) in [4.78, 5) is 33.7. The maximum absolute atomic E-state index is 12.1. The van der Waals surface area contributed by atoms with Gasteiger partial charge < -0.3 is 24.6 Å². The molecule has 0 rings (SSSR count). The number of esters is 2. The molecule has 0 aliphatic carbocycles. The Kier molecular flexibility index (Phi) is 18.8. The highest BCUT2D eigenvalue weighted by Gasteiger charge is 2.27. The zero-order valence-corrected chi connectivity index (χ0v) is 20.3. The van der Waals surface area contributed by atoms with Gasteiger partial charge in [-0.25, -0.2) is 4.57 Å². The number of phosphoric ester groups is 1. The predicted octanol–water partition coefficient (Wildman–Crippen LogP) is 3.26. The molecule has 0 fully saturated rings. The second-order valence-corrected chi connectivity index (χ2v) is 9.12. The second-order valence-electron chi connectivity index (χ2n) is 7.67. The van der Waals surface area contributed by atoms with E-state index in [4.69, 9.17) is 19.1 Å². The van der Waals surface area contributed by atoms with Gasteiger partial charge in [0.1, 0.15) is 12.7 Å². The maximum atomic E-state index is 12.1. The molecule has 1 unspecified atom stereocenters. The van der Waals surface area contributed by atoms with Crippen LogP contribution in [0.15, 0.2) is 0 Å². The lowest BCUT2D eigenvalue weighted by Crippen LogP contribution is -2.29. The van der Waals surface area contributed by atoms with Crippen LogP contribution < -0.4 is 0 Å². The Bertz CT molecular complexity index is 543. The fraction of sp³-hybridized carbons (Fsp3) is 0.905. The summed E-state index contributed by atoms with van der Waals surface area (Å²) in [5, 5.41) is 17.9. The minimum atomic E-state index is -4.57. The molecular weight excluding hydrogens is 443 g/mol. The zero-order valence-electron chi connectivity index (χ0n) is 19.4. The summed E-state index contributed by atoms with van der Waals surface area (Å²) < 4.78 is 31.7. The molecule has 0 saturated carbocycles. The zero-order chi connectivity index (χ0) is 24.2. The first-order valence-corrected chi connectivity index (χ1v) is 13.0. The molecule has 0 saturated heterocycles. The largest absolute Gasteiger partial charge is 0.472 e. The van der Waals surface area contributed by atoms with Crippen LogP contribution in [0.4, 0.5) is 0 Å². The van der Waals surface area contributed by atoms with E-state index < -0.39 is 51.8 Å². The normalized spacial score (nSPS) is 15.0. The molecule has 0 spiro atoms. The SMILES string of the molecule is CCCCCCCC(=O)O[C@@H](COC(=O)CCCCCC)COP(=O)(O)OC[C@H](O)CO. The highest BCUT2D eigenvalue weighted by atomic mass is 31.2. The summed E-state index contributed by atoms with van der Waals surface area (Å²) in [6.45, 7) is 2.06. The van der Waals surface area contributed by atoms with Crippen LogP contribution >= 0.6 is 7.82 Å². The molecule has 11 heteroatoms. The van der Waals surface area contributed by atoms with E-state index in [0.717, 1.165) is 44.9 Å². The number of ether oxygens (including phenoxy) is 2. The Morgan fingerprint density at radius 2 is 1.34 bits per heavy atom. The van der Waals surface area contributed by atoms with Gasteiger partial charge in [0.2, 0.25) is 0 Å². The lowest BCUT2D eigenvalue weighted by Gasteiger charge is -2.20. The first kappa shape index (κ1) is 31.0. The van der Waals surface area contributed by atoms with Crippen LogP contribution in [0.5, 0.6) is 0 Å². The molecule has 0 amide bonds. The molecule has 10 nitrogen and oxygen atoms in total. The van der Waals surface area contributed by atoms with Crippen molar-refractivity contribution in [3.05, 3.63) is 0 Å². The molecule has 32 heavy (non-hydrogen) atoms. The third-order valence-corrected chi connectivity index (χ3v) is 5.46. The van der Waals surface area contributed by atoms with Crippen LogP contribution in [0.25, 0.3) is 0 Å². The summed E-state index contributed by atoms with van der Waals surface area (Å²) in [5.41, 5.74) is 0. The van der Waals surface area contributed by atoms with E-state index in [1.807, 2.05) is 0 Å². The van der Waals surface area contributed by atoms with Gasteiger partial charge in [-0.15, -0.1) is 0 Å². The third-order valence-electron chi connectivity index (χ3n) is 4.51. The maximum Gasteiger partial charge on any atom is 0.472 e. The lowest BCUT2D eigenvalue weighted by atomic mass is 10.1. The summed E-state index contributed by atoms with van der Waals surface area (Å²) in [7, 11) is -4.57. The molecular formula is C21H41O10P. The van der Waals surface area contributed by atoms with Crippen LogP contribution in [0.2, 0.25) is 0 Å². The molecule has 190 valence electrons. The number of carbonyl (C=O) groups excluding carboxylic acids is 2. The monoisotopic (exact) mass is 484 g/mol. The molecule has 0 aromatic heterocycles. The minimum Gasteiger partial charge on any atom is -0.462 e. The topological polar surface area (TPSA) is 149 Å². The van der Waals surface area contributed by atoms with Crippen molar-refractivity contribution in [2.45, 2.75) is 96.7 Å². The number of aliphatic hydroxyl groups is 2. The Labute approximate surface area is 191 Å². The fourth-order valence-electron chi connectivity index (χ4n) is 2.64. The molecule has 3 atom stereocenters. The van der Waals surface area contributed by atoms with Crippen molar-refractivity contribution < 1.29 is 47.8 Å². The van der Waals surface area contributed by atoms with Gasteiger partial charge in [0.25, 0.3) is 0 Å². The van der Waals surface area contributed by atoms with E-state index in [9.17, 15) is 24.2 Å². The van der Waals surface area contributed by atoms with Gasteiger partial charge in [0.15, 0.2) is 6.10 Å². The van der Waals surface area contributed by atoms with E-state index >= 15 is 0 Å². The van der Waals surface area contributed by atoms with E-state index in [-0.39, 0.29) is 19.4 Å². The van der Waals surface area contributed by atoms with E-state index in [1.165, 1.54) is 0 Å². The molecule has 0 bridgehead atoms. The fourth-order valence-corrected chi connectivity index (χ4v) is 3.43. The van der Waals surface area contributed by atoms with Gasteiger partial charge in [-0.05, 0) is 12.8 Å². The first-order chi connectivity index (χ1) is 15.2. The van der Waals surface area contributed by atoms with Crippen molar-refractivity contribution in [2.24, 2.45) is 0 Å². The Morgan fingerprint density at radius 1 is 0.812 bits per heavy atom. The van der Waals surface area contributed by atoms with Crippen LogP contribution in [0.3, 0.4) is 0 Å². The van der Waals surface area contributed by atoms with E-state index in [2.05, 4.69) is 18.4 Å². The second kappa shape index (κ2) is 19.4. The number of hydrogen-bond donors (Lipinski definition) is 3. The summed E-state index contributed by atoms with van der Waals surface area (Å²) >= 11 is 0. The van der Waals surface area contributed by atoms with Gasteiger partial charge in [-0.3, -0.25) is 18.6 Å². The molecule has 0 aliphatic heterocycles. The van der Waals surface area contributed by atoms with Crippen LogP contribution in [-0.4, -0.2) is 65.7 Å². The number of phosphoric acid groups is 1. The Hall–Kier alpha value is -1.03. The van der Waals surface area contributed by atoms with Crippen LogP contribution in [-0.2, 0) is 32.7 Å². The van der Waals surface area contributed by atoms with Crippen molar-refractivity contribution in [1.82, 2.24) is 0 Å². The van der Waals surface area contributed by atoms with Crippen LogP contribution in [0, 0.1) is 0 Å². The number of rotatable bonds is 21. The van der Waals surface area contributed by atoms with Gasteiger partial charge in [0.05, 0.1) is 19.8 Å². The smallest absolute Gasteiger partial charge is 0.462 e. The van der Waals surface area contributed by atoms with E-state index in [0.29, 0.717) is 12.8 Å². The van der Waals surface area contributed by atoms with Gasteiger partial charge in [0, 0.05) is 12.8 Å². The summed E-state index contributed by atoms with van der Waals surface area (Å²) in [6.07, 6.45) is 6.43. The third kappa shape index (κ3) is 18.5. The van der Waals surface area contributed by atoms with Crippen molar-refractivity contribution >= 4 is 19.8 Å². The first-order valence-electron chi connectivity index (χ1n) is 11.5. The molecule has 0 aromatic carbocycles. The molecule has 0 radical (unpaired) electrons. The molecule has 3 N–H and O–H groups in total. The average Bonchev–Trinajstić information content (AvgIpc) is 2.76. The number of carbonyl (C=O) groups is 2. The molecule has 0 aliphatic rings. The number of unbranched alkanes of at least 4 members (excludes halogenated alkanes) is 7. The van der Waals surface area contributed by atoms with E-state index in [1.54, 1.807) is 0 Å². The Morgan fingerprint density at radius 3 is 1.94 bits per heavy atom.